The van der Waals surface area contributed by atoms with Crippen LogP contribution in [0.3, 0.4) is 0 Å². The molecule has 2 aromatic rings. The number of hydrogen-bond donors (Lipinski definition) is 2. The Morgan fingerprint density at radius 1 is 1.18 bits per heavy atom. The van der Waals surface area contributed by atoms with E-state index in [1.807, 2.05) is 37.3 Å². The number of aliphatic hydroxyl groups excluding tert-OH is 1. The van der Waals surface area contributed by atoms with E-state index in [4.69, 9.17) is 4.74 Å². The summed E-state index contributed by atoms with van der Waals surface area (Å²) in [4.78, 5) is 11.7. The SMILES string of the molecule is COc1ccc(C(O)c2cc(C)cc3c2NC(=O)CC3)cc1. The summed E-state index contributed by atoms with van der Waals surface area (Å²) in [5.74, 6) is 0.745. The van der Waals surface area contributed by atoms with Crippen molar-refractivity contribution in [2.45, 2.75) is 25.9 Å². The fourth-order valence-corrected chi connectivity index (χ4v) is 2.87. The Bertz CT molecular complexity index is 707. The molecule has 0 fully saturated rings. The van der Waals surface area contributed by atoms with Crippen molar-refractivity contribution >= 4 is 11.6 Å². The third kappa shape index (κ3) is 2.70. The highest BCUT2D eigenvalue weighted by Crippen LogP contribution is 2.35. The largest absolute Gasteiger partial charge is 0.497 e. The van der Waals surface area contributed by atoms with Gasteiger partial charge in [-0.2, -0.15) is 0 Å². The van der Waals surface area contributed by atoms with Gasteiger partial charge >= 0.3 is 0 Å². The maximum Gasteiger partial charge on any atom is 0.224 e. The number of hydrogen-bond acceptors (Lipinski definition) is 3. The molecule has 4 heteroatoms. The molecule has 114 valence electrons. The number of fused-ring (bicyclic) bond motifs is 1. The fraction of sp³-hybridized carbons (Fsp3) is 0.278. The molecule has 0 saturated heterocycles. The number of rotatable bonds is 3. The number of aryl methyl sites for hydroxylation is 2. The van der Waals surface area contributed by atoms with E-state index >= 15 is 0 Å². The topological polar surface area (TPSA) is 58.6 Å². The first kappa shape index (κ1) is 14.6. The molecule has 2 aromatic carbocycles. The van der Waals surface area contributed by atoms with Crippen LogP contribution < -0.4 is 10.1 Å². The molecule has 2 N–H and O–H groups in total. The molecule has 0 bridgehead atoms. The Morgan fingerprint density at radius 2 is 1.91 bits per heavy atom. The third-order valence-electron chi connectivity index (χ3n) is 4.01. The van der Waals surface area contributed by atoms with Crippen LogP contribution in [0, 0.1) is 6.92 Å². The minimum absolute atomic E-state index is 0.000432. The summed E-state index contributed by atoms with van der Waals surface area (Å²) in [7, 11) is 1.61. The van der Waals surface area contributed by atoms with E-state index in [0.717, 1.165) is 33.7 Å². The number of ether oxygens (including phenoxy) is 1. The average molecular weight is 297 g/mol. The highest BCUT2D eigenvalue weighted by atomic mass is 16.5. The third-order valence-corrected chi connectivity index (χ3v) is 4.01. The van der Waals surface area contributed by atoms with E-state index in [-0.39, 0.29) is 5.91 Å². The van der Waals surface area contributed by atoms with Crippen LogP contribution in [0.2, 0.25) is 0 Å². The molecular weight excluding hydrogens is 278 g/mol. The molecule has 22 heavy (non-hydrogen) atoms. The van der Waals surface area contributed by atoms with Gasteiger partial charge in [-0.15, -0.1) is 0 Å². The molecule has 1 unspecified atom stereocenters. The van der Waals surface area contributed by atoms with Crippen LogP contribution in [0.4, 0.5) is 5.69 Å². The quantitative estimate of drug-likeness (QED) is 0.915. The molecule has 1 heterocycles. The molecule has 0 saturated carbocycles. The van der Waals surface area contributed by atoms with Crippen LogP contribution in [0.5, 0.6) is 5.75 Å². The predicted molar refractivity (Wildman–Crippen MR) is 85.2 cm³/mol. The Balaban J connectivity index is 2.02. The minimum atomic E-state index is -0.780. The van der Waals surface area contributed by atoms with Gasteiger partial charge in [0.1, 0.15) is 11.9 Å². The van der Waals surface area contributed by atoms with Crippen molar-refractivity contribution in [3.8, 4) is 5.75 Å². The van der Waals surface area contributed by atoms with Crippen LogP contribution in [0.1, 0.15) is 34.8 Å². The van der Waals surface area contributed by atoms with Crippen molar-refractivity contribution in [1.29, 1.82) is 0 Å². The smallest absolute Gasteiger partial charge is 0.224 e. The highest BCUT2D eigenvalue weighted by Gasteiger charge is 2.23. The molecule has 1 amide bonds. The van der Waals surface area contributed by atoms with Gasteiger partial charge in [0.25, 0.3) is 0 Å². The standard InChI is InChI=1S/C18H19NO3/c1-11-9-13-5-8-16(20)19-17(13)15(10-11)18(21)12-3-6-14(22-2)7-4-12/h3-4,6-7,9-10,18,21H,5,8H2,1-2H3,(H,19,20). The van der Waals surface area contributed by atoms with Crippen molar-refractivity contribution in [2.75, 3.05) is 12.4 Å². The van der Waals surface area contributed by atoms with Gasteiger partial charge in [-0.1, -0.05) is 29.8 Å². The van der Waals surface area contributed by atoms with Crippen LogP contribution in [-0.2, 0) is 11.2 Å². The summed E-state index contributed by atoms with van der Waals surface area (Å²) >= 11 is 0. The maximum absolute atomic E-state index is 11.7. The first-order chi connectivity index (χ1) is 10.6. The second kappa shape index (κ2) is 5.81. The number of carbonyl (C=O) groups excluding carboxylic acids is 1. The number of amides is 1. The lowest BCUT2D eigenvalue weighted by molar-refractivity contribution is -0.116. The van der Waals surface area contributed by atoms with Gasteiger partial charge in [-0.05, 0) is 36.6 Å². The summed E-state index contributed by atoms with van der Waals surface area (Å²) < 4.78 is 5.14. The molecule has 0 aliphatic carbocycles. The van der Waals surface area contributed by atoms with E-state index < -0.39 is 6.10 Å². The van der Waals surface area contributed by atoms with Gasteiger partial charge < -0.3 is 15.2 Å². The second-order valence-electron chi connectivity index (χ2n) is 5.61. The molecule has 3 rings (SSSR count). The molecule has 0 spiro atoms. The number of nitrogens with one attached hydrogen (secondary N) is 1. The zero-order valence-electron chi connectivity index (χ0n) is 12.7. The lowest BCUT2D eigenvalue weighted by atomic mass is 9.91. The molecule has 4 nitrogen and oxygen atoms in total. The average Bonchev–Trinajstić information content (AvgIpc) is 2.54. The summed E-state index contributed by atoms with van der Waals surface area (Å²) in [6.45, 7) is 2.00. The lowest BCUT2D eigenvalue weighted by Gasteiger charge is -2.24. The molecule has 1 aliphatic heterocycles. The van der Waals surface area contributed by atoms with E-state index in [9.17, 15) is 9.90 Å². The van der Waals surface area contributed by atoms with Crippen molar-refractivity contribution in [3.63, 3.8) is 0 Å². The summed E-state index contributed by atoms with van der Waals surface area (Å²) in [6, 6.07) is 11.3. The fourth-order valence-electron chi connectivity index (χ4n) is 2.87. The van der Waals surface area contributed by atoms with Crippen LogP contribution in [0.25, 0.3) is 0 Å². The van der Waals surface area contributed by atoms with E-state index in [0.29, 0.717) is 12.8 Å². The van der Waals surface area contributed by atoms with Crippen LogP contribution in [-0.4, -0.2) is 18.1 Å². The van der Waals surface area contributed by atoms with Crippen LogP contribution >= 0.6 is 0 Å². The molecule has 1 aliphatic rings. The normalized spacial score (nSPS) is 15.0. The van der Waals surface area contributed by atoms with Crippen molar-refractivity contribution in [1.82, 2.24) is 0 Å². The monoisotopic (exact) mass is 297 g/mol. The number of methoxy groups -OCH3 is 1. The van der Waals surface area contributed by atoms with Crippen molar-refractivity contribution < 1.29 is 14.6 Å². The van der Waals surface area contributed by atoms with Gasteiger partial charge in [0.2, 0.25) is 5.91 Å². The Labute approximate surface area is 129 Å². The van der Waals surface area contributed by atoms with Crippen LogP contribution in [0.15, 0.2) is 36.4 Å². The second-order valence-corrected chi connectivity index (χ2v) is 5.61. The lowest BCUT2D eigenvalue weighted by Crippen LogP contribution is -2.21. The van der Waals surface area contributed by atoms with Gasteiger partial charge in [0.05, 0.1) is 12.8 Å². The van der Waals surface area contributed by atoms with E-state index in [1.165, 1.54) is 0 Å². The van der Waals surface area contributed by atoms with Gasteiger partial charge in [0, 0.05) is 12.0 Å². The van der Waals surface area contributed by atoms with Gasteiger partial charge in [0.15, 0.2) is 0 Å². The first-order valence-electron chi connectivity index (χ1n) is 7.34. The first-order valence-corrected chi connectivity index (χ1v) is 7.34. The highest BCUT2D eigenvalue weighted by molar-refractivity contribution is 5.95. The summed E-state index contributed by atoms with van der Waals surface area (Å²) in [5, 5.41) is 13.6. The van der Waals surface area contributed by atoms with E-state index in [1.54, 1.807) is 7.11 Å². The van der Waals surface area contributed by atoms with Crippen molar-refractivity contribution in [3.05, 3.63) is 58.7 Å². The Hall–Kier alpha value is -2.33. The Morgan fingerprint density at radius 3 is 2.59 bits per heavy atom. The molecule has 0 aromatic heterocycles. The van der Waals surface area contributed by atoms with E-state index in [2.05, 4.69) is 11.4 Å². The van der Waals surface area contributed by atoms with Gasteiger partial charge in [-0.25, -0.2) is 0 Å². The summed E-state index contributed by atoms with van der Waals surface area (Å²) in [6.07, 6.45) is 0.428. The minimum Gasteiger partial charge on any atom is -0.497 e. The number of aliphatic hydroxyl groups is 1. The Kier molecular flexibility index (Phi) is 3.86. The maximum atomic E-state index is 11.7. The zero-order chi connectivity index (χ0) is 15.7. The number of carbonyl (C=O) groups is 1. The van der Waals surface area contributed by atoms with Gasteiger partial charge in [-0.3, -0.25) is 4.79 Å². The molecule has 1 atom stereocenters. The van der Waals surface area contributed by atoms with Crippen molar-refractivity contribution in [2.24, 2.45) is 0 Å². The predicted octanol–water partition coefficient (Wildman–Crippen LogP) is 2.97. The number of benzene rings is 2. The zero-order valence-corrected chi connectivity index (χ0v) is 12.7. The number of anilines is 1. The molecule has 0 radical (unpaired) electrons. The molecular formula is C18H19NO3. The summed E-state index contributed by atoms with van der Waals surface area (Å²) in [5.41, 5.74) is 4.44.